The molecular formula is C26H29N5O2. The highest BCUT2D eigenvalue weighted by molar-refractivity contribution is 6.02. The molecule has 0 radical (unpaired) electrons. The van der Waals surface area contributed by atoms with Crippen molar-refractivity contribution in [3.8, 4) is 5.75 Å². The largest absolute Gasteiger partial charge is 0.497 e. The number of unbranched alkanes of at least 4 members (excludes halogenated alkanes) is 3. The van der Waals surface area contributed by atoms with Crippen molar-refractivity contribution in [2.75, 3.05) is 12.4 Å². The average molecular weight is 444 g/mol. The molecule has 0 aliphatic carbocycles. The van der Waals surface area contributed by atoms with Gasteiger partial charge in [0.25, 0.3) is 0 Å². The summed E-state index contributed by atoms with van der Waals surface area (Å²) in [6, 6.07) is 15.6. The quantitative estimate of drug-likeness (QED) is 0.234. The molecule has 0 saturated carbocycles. The van der Waals surface area contributed by atoms with Gasteiger partial charge in [-0.1, -0.05) is 56.5 Å². The van der Waals surface area contributed by atoms with Gasteiger partial charge in [0, 0.05) is 12.0 Å². The van der Waals surface area contributed by atoms with Crippen molar-refractivity contribution in [3.63, 3.8) is 0 Å². The van der Waals surface area contributed by atoms with Gasteiger partial charge in [-0.05, 0) is 30.2 Å². The fourth-order valence-electron chi connectivity index (χ4n) is 3.83. The van der Waals surface area contributed by atoms with Crippen molar-refractivity contribution in [1.82, 2.24) is 19.5 Å². The molecule has 0 bridgehead atoms. The Kier molecular flexibility index (Phi) is 7.29. The minimum Gasteiger partial charge on any atom is -0.497 e. The van der Waals surface area contributed by atoms with Gasteiger partial charge in [-0.2, -0.15) is 0 Å². The van der Waals surface area contributed by atoms with Crippen LogP contribution in [-0.4, -0.2) is 32.4 Å². The smallest absolute Gasteiger partial charge is 0.165 e. The van der Waals surface area contributed by atoms with Gasteiger partial charge >= 0.3 is 0 Å². The van der Waals surface area contributed by atoms with Crippen LogP contribution in [0.25, 0.3) is 11.2 Å². The van der Waals surface area contributed by atoms with Crippen LogP contribution >= 0.6 is 0 Å². The molecule has 4 rings (SSSR count). The Labute approximate surface area is 193 Å². The topological polar surface area (TPSA) is 81.9 Å². The van der Waals surface area contributed by atoms with Crippen LogP contribution in [0.1, 0.15) is 54.9 Å². The fraction of sp³-hybridized carbons (Fsp3) is 0.308. The van der Waals surface area contributed by atoms with E-state index in [2.05, 4.69) is 39.3 Å². The van der Waals surface area contributed by atoms with Crippen molar-refractivity contribution in [2.45, 2.75) is 45.6 Å². The Balaban J connectivity index is 1.60. The third-order valence-corrected chi connectivity index (χ3v) is 5.63. The predicted octanol–water partition coefficient (Wildman–Crippen LogP) is 5.78. The zero-order chi connectivity index (χ0) is 23.0. The maximum atomic E-state index is 13.0. The van der Waals surface area contributed by atoms with E-state index in [1.165, 1.54) is 6.33 Å². The monoisotopic (exact) mass is 443 g/mol. The molecule has 2 aromatic heterocycles. The number of carbonyl (C=O) groups is 1. The number of nitrogens with zero attached hydrogens (tertiary/aromatic N) is 4. The molecular weight excluding hydrogens is 414 g/mol. The van der Waals surface area contributed by atoms with Crippen molar-refractivity contribution in [2.24, 2.45) is 0 Å². The summed E-state index contributed by atoms with van der Waals surface area (Å²) in [5.41, 5.74) is 3.84. The number of ether oxygens (including phenoxy) is 1. The van der Waals surface area contributed by atoms with Gasteiger partial charge in [0.15, 0.2) is 22.8 Å². The van der Waals surface area contributed by atoms with Crippen molar-refractivity contribution >= 4 is 28.5 Å². The van der Waals surface area contributed by atoms with E-state index < -0.39 is 0 Å². The summed E-state index contributed by atoms with van der Waals surface area (Å²) in [6.45, 7) is 2.83. The summed E-state index contributed by atoms with van der Waals surface area (Å²) in [6.07, 6.45) is 8.01. The fourth-order valence-corrected chi connectivity index (χ4v) is 3.83. The SMILES string of the molecule is CCCCCCC(=O)c1cc(OC)ccc1Nc1ncnc2c1ncn2Cc1ccccc1. The lowest BCUT2D eigenvalue weighted by Gasteiger charge is -2.13. The Morgan fingerprint density at radius 1 is 1.03 bits per heavy atom. The highest BCUT2D eigenvalue weighted by atomic mass is 16.5. The second-order valence-electron chi connectivity index (χ2n) is 8.02. The van der Waals surface area contributed by atoms with Gasteiger partial charge in [-0.3, -0.25) is 4.79 Å². The zero-order valence-corrected chi connectivity index (χ0v) is 19.1. The van der Waals surface area contributed by atoms with Crippen molar-refractivity contribution in [3.05, 3.63) is 72.3 Å². The standard InChI is InChI=1S/C26H29N5O2/c1-3-4-5-9-12-23(32)21-15-20(33-2)13-14-22(21)30-25-24-26(28-17-27-25)31(18-29-24)16-19-10-7-6-8-11-19/h6-8,10-11,13-15,17-18H,3-5,9,12,16H2,1-2H3,(H,27,28,30). The number of nitrogens with one attached hydrogen (secondary N) is 1. The molecule has 2 aromatic carbocycles. The predicted molar refractivity (Wildman–Crippen MR) is 130 cm³/mol. The molecule has 0 spiro atoms. The van der Waals surface area contributed by atoms with E-state index in [-0.39, 0.29) is 5.78 Å². The minimum absolute atomic E-state index is 0.0902. The van der Waals surface area contributed by atoms with E-state index >= 15 is 0 Å². The van der Waals surface area contributed by atoms with Crippen molar-refractivity contribution in [1.29, 1.82) is 0 Å². The molecule has 170 valence electrons. The number of Topliss-reactive ketones (excluding diaryl/α,β-unsaturated/α-hetero) is 1. The van der Waals surface area contributed by atoms with E-state index in [4.69, 9.17) is 4.74 Å². The number of fused-ring (bicyclic) bond motifs is 1. The number of methoxy groups -OCH3 is 1. The Morgan fingerprint density at radius 3 is 2.67 bits per heavy atom. The zero-order valence-electron chi connectivity index (χ0n) is 19.1. The maximum absolute atomic E-state index is 13.0. The number of hydrogen-bond acceptors (Lipinski definition) is 6. The van der Waals surface area contributed by atoms with Crippen LogP contribution in [0.2, 0.25) is 0 Å². The average Bonchev–Trinajstić information content (AvgIpc) is 3.26. The molecule has 2 heterocycles. The number of hydrogen-bond donors (Lipinski definition) is 1. The first-order valence-electron chi connectivity index (χ1n) is 11.4. The maximum Gasteiger partial charge on any atom is 0.165 e. The molecule has 4 aromatic rings. The van der Waals surface area contributed by atoms with Gasteiger partial charge < -0.3 is 14.6 Å². The molecule has 0 aliphatic heterocycles. The van der Waals surface area contributed by atoms with Gasteiger partial charge in [0.1, 0.15) is 12.1 Å². The second kappa shape index (κ2) is 10.7. The van der Waals surface area contributed by atoms with Crippen LogP contribution in [0.15, 0.2) is 61.2 Å². The number of rotatable bonds is 11. The number of anilines is 2. The van der Waals surface area contributed by atoms with Crippen LogP contribution in [0.4, 0.5) is 11.5 Å². The molecule has 0 unspecified atom stereocenters. The third-order valence-electron chi connectivity index (χ3n) is 5.63. The van der Waals surface area contributed by atoms with Crippen LogP contribution < -0.4 is 10.1 Å². The Morgan fingerprint density at radius 2 is 1.88 bits per heavy atom. The first-order chi connectivity index (χ1) is 16.2. The summed E-state index contributed by atoms with van der Waals surface area (Å²) < 4.78 is 7.35. The lowest BCUT2D eigenvalue weighted by molar-refractivity contribution is 0.0979. The summed E-state index contributed by atoms with van der Waals surface area (Å²) in [4.78, 5) is 26.4. The van der Waals surface area contributed by atoms with E-state index in [9.17, 15) is 4.79 Å². The van der Waals surface area contributed by atoms with Crippen LogP contribution in [0.5, 0.6) is 5.75 Å². The molecule has 7 nitrogen and oxygen atoms in total. The summed E-state index contributed by atoms with van der Waals surface area (Å²) in [7, 11) is 1.60. The summed E-state index contributed by atoms with van der Waals surface area (Å²) in [5, 5.41) is 3.32. The first-order valence-corrected chi connectivity index (χ1v) is 11.4. The van der Waals surface area contributed by atoms with Crippen LogP contribution in [0, 0.1) is 0 Å². The Bertz CT molecular complexity index is 1220. The number of benzene rings is 2. The first kappa shape index (κ1) is 22.5. The number of ketones is 1. The summed E-state index contributed by atoms with van der Waals surface area (Å²) >= 11 is 0. The van der Waals surface area contributed by atoms with E-state index in [0.717, 1.165) is 36.9 Å². The second-order valence-corrected chi connectivity index (χ2v) is 8.02. The lowest BCUT2D eigenvalue weighted by atomic mass is 10.0. The van der Waals surface area contributed by atoms with Crippen LogP contribution in [-0.2, 0) is 6.54 Å². The minimum atomic E-state index is 0.0902. The molecule has 7 heteroatoms. The van der Waals surface area contributed by atoms with E-state index in [1.54, 1.807) is 19.5 Å². The number of aromatic nitrogens is 4. The summed E-state index contributed by atoms with van der Waals surface area (Å²) in [5.74, 6) is 1.31. The molecule has 0 atom stereocenters. The third kappa shape index (κ3) is 5.37. The van der Waals surface area contributed by atoms with E-state index in [0.29, 0.717) is 41.3 Å². The van der Waals surface area contributed by atoms with Crippen molar-refractivity contribution < 1.29 is 9.53 Å². The number of carbonyl (C=O) groups excluding carboxylic acids is 1. The van der Waals surface area contributed by atoms with Gasteiger partial charge in [-0.25, -0.2) is 15.0 Å². The molecule has 0 aliphatic rings. The lowest BCUT2D eigenvalue weighted by Crippen LogP contribution is -2.06. The van der Waals surface area contributed by atoms with E-state index in [1.807, 2.05) is 34.9 Å². The normalized spacial score (nSPS) is 11.0. The molecule has 0 amide bonds. The van der Waals surface area contributed by atoms with Crippen LogP contribution in [0.3, 0.4) is 0 Å². The van der Waals surface area contributed by atoms with Gasteiger partial charge in [0.2, 0.25) is 0 Å². The molecule has 0 saturated heterocycles. The van der Waals surface area contributed by atoms with Gasteiger partial charge in [0.05, 0.1) is 25.7 Å². The molecule has 0 fully saturated rings. The highest BCUT2D eigenvalue weighted by Gasteiger charge is 2.16. The number of imidazole rings is 1. The molecule has 1 N–H and O–H groups in total. The van der Waals surface area contributed by atoms with Gasteiger partial charge in [-0.15, -0.1) is 0 Å². The molecule has 33 heavy (non-hydrogen) atoms. The Hall–Kier alpha value is -3.74. The highest BCUT2D eigenvalue weighted by Crippen LogP contribution is 2.29.